The van der Waals surface area contributed by atoms with Gasteiger partial charge in [-0.1, -0.05) is 18.2 Å². The van der Waals surface area contributed by atoms with Crippen LogP contribution in [0.2, 0.25) is 0 Å². The molecule has 0 aromatic heterocycles. The predicted octanol–water partition coefficient (Wildman–Crippen LogP) is 2.11. The fourth-order valence-corrected chi connectivity index (χ4v) is 1.57. The van der Waals surface area contributed by atoms with Crippen molar-refractivity contribution in [3.63, 3.8) is 0 Å². The van der Waals surface area contributed by atoms with E-state index in [1.54, 1.807) is 0 Å². The lowest BCUT2D eigenvalue weighted by atomic mass is 9.97. The Labute approximate surface area is 85.2 Å². The maximum Gasteiger partial charge on any atom is 0.0793 e. The SMILES string of the molecule is Cc1cccc(C(O)CCCO)c1C. The minimum Gasteiger partial charge on any atom is -0.396 e. The third kappa shape index (κ3) is 2.56. The minimum absolute atomic E-state index is 0.141. The normalized spacial score (nSPS) is 12.9. The topological polar surface area (TPSA) is 40.5 Å². The molecule has 0 fully saturated rings. The van der Waals surface area contributed by atoms with E-state index in [0.717, 1.165) is 11.1 Å². The molecule has 0 aliphatic heterocycles. The third-order valence-corrected chi connectivity index (χ3v) is 2.64. The lowest BCUT2D eigenvalue weighted by Crippen LogP contribution is -2.02. The molecule has 1 rings (SSSR count). The first-order chi connectivity index (χ1) is 6.66. The van der Waals surface area contributed by atoms with E-state index < -0.39 is 6.10 Å². The van der Waals surface area contributed by atoms with Gasteiger partial charge in [-0.25, -0.2) is 0 Å². The quantitative estimate of drug-likeness (QED) is 0.770. The van der Waals surface area contributed by atoms with Gasteiger partial charge >= 0.3 is 0 Å². The second-order valence-electron chi connectivity index (χ2n) is 3.67. The smallest absolute Gasteiger partial charge is 0.0793 e. The number of hydrogen-bond acceptors (Lipinski definition) is 2. The van der Waals surface area contributed by atoms with Crippen molar-refractivity contribution in [1.82, 2.24) is 0 Å². The van der Waals surface area contributed by atoms with Crippen molar-refractivity contribution in [2.24, 2.45) is 0 Å². The van der Waals surface area contributed by atoms with Gasteiger partial charge < -0.3 is 10.2 Å². The zero-order valence-corrected chi connectivity index (χ0v) is 8.83. The van der Waals surface area contributed by atoms with E-state index in [2.05, 4.69) is 0 Å². The Balaban J connectivity index is 2.79. The molecule has 1 aromatic rings. The summed E-state index contributed by atoms with van der Waals surface area (Å²) >= 11 is 0. The molecule has 78 valence electrons. The van der Waals surface area contributed by atoms with Gasteiger partial charge in [0, 0.05) is 6.61 Å². The Morgan fingerprint density at radius 3 is 2.64 bits per heavy atom. The highest BCUT2D eigenvalue weighted by molar-refractivity contribution is 5.34. The van der Waals surface area contributed by atoms with Crippen LogP contribution >= 0.6 is 0 Å². The van der Waals surface area contributed by atoms with Crippen molar-refractivity contribution in [2.45, 2.75) is 32.8 Å². The van der Waals surface area contributed by atoms with Gasteiger partial charge in [0.25, 0.3) is 0 Å². The van der Waals surface area contributed by atoms with Crippen molar-refractivity contribution in [2.75, 3.05) is 6.61 Å². The Morgan fingerprint density at radius 1 is 1.29 bits per heavy atom. The summed E-state index contributed by atoms with van der Waals surface area (Å²) in [5.41, 5.74) is 3.34. The number of aryl methyl sites for hydroxylation is 1. The molecule has 0 aliphatic rings. The van der Waals surface area contributed by atoms with E-state index in [4.69, 9.17) is 5.11 Å². The number of benzene rings is 1. The average molecular weight is 194 g/mol. The zero-order chi connectivity index (χ0) is 10.6. The highest BCUT2D eigenvalue weighted by Crippen LogP contribution is 2.23. The molecule has 0 saturated heterocycles. The lowest BCUT2D eigenvalue weighted by molar-refractivity contribution is 0.151. The minimum atomic E-state index is -0.443. The largest absolute Gasteiger partial charge is 0.396 e. The van der Waals surface area contributed by atoms with E-state index in [0.29, 0.717) is 12.8 Å². The van der Waals surface area contributed by atoms with Crippen LogP contribution in [-0.2, 0) is 0 Å². The predicted molar refractivity (Wildman–Crippen MR) is 57.2 cm³/mol. The summed E-state index contributed by atoms with van der Waals surface area (Å²) in [6.45, 7) is 4.20. The molecule has 0 saturated carbocycles. The zero-order valence-electron chi connectivity index (χ0n) is 8.83. The van der Waals surface area contributed by atoms with Crippen LogP contribution in [0.4, 0.5) is 0 Å². The first-order valence-corrected chi connectivity index (χ1v) is 5.02. The van der Waals surface area contributed by atoms with Crippen molar-refractivity contribution in [1.29, 1.82) is 0 Å². The van der Waals surface area contributed by atoms with Gasteiger partial charge in [-0.2, -0.15) is 0 Å². The van der Waals surface area contributed by atoms with Crippen molar-refractivity contribution >= 4 is 0 Å². The van der Waals surface area contributed by atoms with E-state index in [9.17, 15) is 5.11 Å². The molecule has 0 radical (unpaired) electrons. The third-order valence-electron chi connectivity index (χ3n) is 2.64. The molecule has 2 nitrogen and oxygen atoms in total. The number of aliphatic hydroxyl groups is 2. The van der Waals surface area contributed by atoms with Crippen LogP contribution in [0, 0.1) is 13.8 Å². The monoisotopic (exact) mass is 194 g/mol. The number of hydrogen-bond donors (Lipinski definition) is 2. The maximum absolute atomic E-state index is 9.85. The van der Waals surface area contributed by atoms with Crippen molar-refractivity contribution in [3.05, 3.63) is 34.9 Å². The molecular weight excluding hydrogens is 176 g/mol. The standard InChI is InChI=1S/C12H18O2/c1-9-5-3-6-11(10(9)2)12(14)7-4-8-13/h3,5-6,12-14H,4,7-8H2,1-2H3. The number of rotatable bonds is 4. The van der Waals surface area contributed by atoms with Gasteiger partial charge in [0.05, 0.1) is 6.10 Å². The van der Waals surface area contributed by atoms with E-state index in [1.165, 1.54) is 5.56 Å². The fraction of sp³-hybridized carbons (Fsp3) is 0.500. The van der Waals surface area contributed by atoms with Gasteiger partial charge in [-0.3, -0.25) is 0 Å². The molecule has 2 heteroatoms. The highest BCUT2D eigenvalue weighted by atomic mass is 16.3. The first kappa shape index (κ1) is 11.2. The molecular formula is C12H18O2. The van der Waals surface area contributed by atoms with Crippen molar-refractivity contribution < 1.29 is 10.2 Å². The van der Waals surface area contributed by atoms with Gasteiger partial charge in [-0.05, 0) is 43.4 Å². The second-order valence-corrected chi connectivity index (χ2v) is 3.67. The van der Waals surface area contributed by atoms with Crippen LogP contribution in [0.25, 0.3) is 0 Å². The molecule has 2 N–H and O–H groups in total. The molecule has 1 atom stereocenters. The molecule has 0 amide bonds. The molecule has 14 heavy (non-hydrogen) atoms. The molecule has 1 unspecified atom stereocenters. The van der Waals surface area contributed by atoms with E-state index in [1.807, 2.05) is 32.0 Å². The Hall–Kier alpha value is -0.860. The van der Waals surface area contributed by atoms with Gasteiger partial charge in [0.15, 0.2) is 0 Å². The second kappa shape index (κ2) is 5.13. The molecule has 0 bridgehead atoms. The average Bonchev–Trinajstić information content (AvgIpc) is 2.18. The van der Waals surface area contributed by atoms with Crippen LogP contribution in [0.5, 0.6) is 0 Å². The molecule has 0 spiro atoms. The van der Waals surface area contributed by atoms with Crippen LogP contribution in [0.15, 0.2) is 18.2 Å². The summed E-state index contributed by atoms with van der Waals surface area (Å²) in [6.07, 6.45) is 0.831. The molecule has 1 aromatic carbocycles. The summed E-state index contributed by atoms with van der Waals surface area (Å²) in [5, 5.41) is 18.5. The van der Waals surface area contributed by atoms with Gasteiger partial charge in [0.1, 0.15) is 0 Å². The van der Waals surface area contributed by atoms with Crippen LogP contribution < -0.4 is 0 Å². The van der Waals surface area contributed by atoms with Crippen LogP contribution in [-0.4, -0.2) is 16.8 Å². The van der Waals surface area contributed by atoms with Gasteiger partial charge in [0.2, 0.25) is 0 Å². The van der Waals surface area contributed by atoms with Crippen LogP contribution in [0.1, 0.15) is 35.6 Å². The van der Waals surface area contributed by atoms with Gasteiger partial charge in [-0.15, -0.1) is 0 Å². The molecule has 0 aliphatic carbocycles. The maximum atomic E-state index is 9.85. The summed E-state index contributed by atoms with van der Waals surface area (Å²) in [7, 11) is 0. The highest BCUT2D eigenvalue weighted by Gasteiger charge is 2.10. The lowest BCUT2D eigenvalue weighted by Gasteiger charge is -2.14. The number of aliphatic hydroxyl groups excluding tert-OH is 2. The Bertz CT molecular complexity index is 294. The first-order valence-electron chi connectivity index (χ1n) is 5.02. The summed E-state index contributed by atoms with van der Waals surface area (Å²) in [5.74, 6) is 0. The summed E-state index contributed by atoms with van der Waals surface area (Å²) in [6, 6.07) is 5.95. The van der Waals surface area contributed by atoms with E-state index >= 15 is 0 Å². The Morgan fingerprint density at radius 2 is 2.00 bits per heavy atom. The summed E-state index contributed by atoms with van der Waals surface area (Å²) in [4.78, 5) is 0. The Kier molecular flexibility index (Phi) is 4.11. The van der Waals surface area contributed by atoms with E-state index in [-0.39, 0.29) is 6.61 Å². The van der Waals surface area contributed by atoms with Crippen molar-refractivity contribution in [3.8, 4) is 0 Å². The van der Waals surface area contributed by atoms with Crippen LogP contribution in [0.3, 0.4) is 0 Å². The molecule has 0 heterocycles. The summed E-state index contributed by atoms with van der Waals surface area (Å²) < 4.78 is 0. The fourth-order valence-electron chi connectivity index (χ4n) is 1.57.